The van der Waals surface area contributed by atoms with Crippen LogP contribution in [-0.4, -0.2) is 31.2 Å². The standard InChI is InChI=1S/C18H16F3N5OS/c1-26-10-9-22-16(26)15(12-5-3-2-4-6-12)25-14(27)11-28-17-23-8-7-13(24-17)18(19,20)21/h2-10,15H,11H2,1H3,(H,25,27)/t15-/m1/s1. The second-order valence-electron chi connectivity index (χ2n) is 5.82. The van der Waals surface area contributed by atoms with Gasteiger partial charge in [0.05, 0.1) is 5.75 Å². The number of nitrogens with zero attached hydrogens (tertiary/aromatic N) is 4. The smallest absolute Gasteiger partial charge is 0.341 e. The van der Waals surface area contributed by atoms with Gasteiger partial charge in [0.1, 0.15) is 17.6 Å². The maximum atomic E-state index is 12.7. The van der Waals surface area contributed by atoms with E-state index in [4.69, 9.17) is 0 Å². The van der Waals surface area contributed by atoms with Gasteiger partial charge >= 0.3 is 6.18 Å². The summed E-state index contributed by atoms with van der Waals surface area (Å²) in [6.45, 7) is 0. The van der Waals surface area contributed by atoms with Crippen LogP contribution in [-0.2, 0) is 18.0 Å². The Balaban J connectivity index is 1.71. The predicted octanol–water partition coefficient (Wildman–Crippen LogP) is 3.23. The van der Waals surface area contributed by atoms with Crippen LogP contribution < -0.4 is 5.32 Å². The second-order valence-corrected chi connectivity index (χ2v) is 6.76. The molecule has 1 amide bonds. The van der Waals surface area contributed by atoms with Crippen LogP contribution in [0.1, 0.15) is 23.1 Å². The maximum absolute atomic E-state index is 12.7. The van der Waals surface area contributed by atoms with E-state index in [0.717, 1.165) is 29.6 Å². The first kappa shape index (κ1) is 19.9. The molecule has 0 aliphatic carbocycles. The Morgan fingerprint density at radius 1 is 1.18 bits per heavy atom. The molecule has 0 radical (unpaired) electrons. The molecule has 1 atom stereocenters. The van der Waals surface area contributed by atoms with Gasteiger partial charge in [-0.2, -0.15) is 13.2 Å². The fourth-order valence-corrected chi connectivity index (χ4v) is 3.14. The van der Waals surface area contributed by atoms with Crippen molar-refractivity contribution in [2.45, 2.75) is 17.4 Å². The predicted molar refractivity (Wildman–Crippen MR) is 97.4 cm³/mol. The number of carbonyl (C=O) groups excluding carboxylic acids is 1. The van der Waals surface area contributed by atoms with Gasteiger partial charge in [0.15, 0.2) is 5.16 Å². The zero-order valence-electron chi connectivity index (χ0n) is 14.7. The fraction of sp³-hybridized carbons (Fsp3) is 0.222. The highest BCUT2D eigenvalue weighted by Gasteiger charge is 2.32. The molecule has 0 unspecified atom stereocenters. The van der Waals surface area contributed by atoms with Crippen LogP contribution in [0.25, 0.3) is 0 Å². The number of amides is 1. The minimum Gasteiger partial charge on any atom is -0.341 e. The molecule has 3 aromatic rings. The summed E-state index contributed by atoms with van der Waals surface area (Å²) < 4.78 is 40.0. The van der Waals surface area contributed by atoms with Crippen LogP contribution in [0, 0.1) is 0 Å². The number of rotatable bonds is 6. The van der Waals surface area contributed by atoms with Gasteiger partial charge in [-0.3, -0.25) is 4.79 Å². The Kier molecular flexibility index (Phi) is 5.98. The highest BCUT2D eigenvalue weighted by molar-refractivity contribution is 7.99. The summed E-state index contributed by atoms with van der Waals surface area (Å²) in [4.78, 5) is 24.0. The number of alkyl halides is 3. The number of halogens is 3. The number of thioether (sulfide) groups is 1. The summed E-state index contributed by atoms with van der Waals surface area (Å²) in [5.74, 6) is 0.137. The lowest BCUT2D eigenvalue weighted by Gasteiger charge is -2.19. The van der Waals surface area contributed by atoms with E-state index >= 15 is 0 Å². The molecule has 146 valence electrons. The minimum absolute atomic E-state index is 0.113. The Morgan fingerprint density at radius 2 is 1.93 bits per heavy atom. The van der Waals surface area contributed by atoms with Crippen LogP contribution in [0.15, 0.2) is 60.1 Å². The Hall–Kier alpha value is -2.88. The minimum atomic E-state index is -4.56. The van der Waals surface area contributed by atoms with E-state index in [1.807, 2.05) is 37.4 Å². The molecule has 2 heterocycles. The highest BCUT2D eigenvalue weighted by atomic mass is 32.2. The monoisotopic (exact) mass is 407 g/mol. The summed E-state index contributed by atoms with van der Waals surface area (Å²) in [5.41, 5.74) is -0.203. The van der Waals surface area contributed by atoms with Gasteiger partial charge in [0.2, 0.25) is 5.91 Å². The summed E-state index contributed by atoms with van der Waals surface area (Å²) in [7, 11) is 1.82. The molecular formula is C18H16F3N5OS. The van der Waals surface area contributed by atoms with Crippen molar-refractivity contribution in [2.24, 2.45) is 7.05 Å². The van der Waals surface area contributed by atoms with Crippen LogP contribution >= 0.6 is 11.8 Å². The van der Waals surface area contributed by atoms with Gasteiger partial charge in [0.25, 0.3) is 0 Å². The van der Waals surface area contributed by atoms with Crippen molar-refractivity contribution < 1.29 is 18.0 Å². The van der Waals surface area contributed by atoms with Crippen molar-refractivity contribution >= 4 is 17.7 Å². The number of nitrogens with one attached hydrogen (secondary N) is 1. The van der Waals surface area contributed by atoms with Crippen molar-refractivity contribution in [3.63, 3.8) is 0 Å². The van der Waals surface area contributed by atoms with Gasteiger partial charge in [-0.15, -0.1) is 0 Å². The van der Waals surface area contributed by atoms with Crippen LogP contribution in [0.3, 0.4) is 0 Å². The molecule has 0 saturated heterocycles. The zero-order valence-corrected chi connectivity index (χ0v) is 15.5. The molecule has 0 aliphatic rings. The zero-order chi connectivity index (χ0) is 20.1. The molecule has 0 saturated carbocycles. The molecule has 0 aliphatic heterocycles. The quantitative estimate of drug-likeness (QED) is 0.502. The fourth-order valence-electron chi connectivity index (χ4n) is 2.50. The molecule has 0 spiro atoms. The first-order chi connectivity index (χ1) is 13.3. The summed E-state index contributed by atoms with van der Waals surface area (Å²) in [6.07, 6.45) is -0.140. The number of carbonyl (C=O) groups is 1. The van der Waals surface area contributed by atoms with Crippen molar-refractivity contribution in [3.8, 4) is 0 Å². The molecule has 10 heteroatoms. The largest absolute Gasteiger partial charge is 0.433 e. The number of benzene rings is 1. The second kappa shape index (κ2) is 8.42. The summed E-state index contributed by atoms with van der Waals surface area (Å²) >= 11 is 0.836. The number of hydrogen-bond donors (Lipinski definition) is 1. The molecule has 6 nitrogen and oxygen atoms in total. The van der Waals surface area contributed by atoms with Gasteiger partial charge in [-0.25, -0.2) is 15.0 Å². The molecular weight excluding hydrogens is 391 g/mol. The van der Waals surface area contributed by atoms with E-state index in [1.165, 1.54) is 0 Å². The van der Waals surface area contributed by atoms with Crippen LogP contribution in [0.4, 0.5) is 13.2 Å². The summed E-state index contributed by atoms with van der Waals surface area (Å²) in [6, 6.07) is 9.59. The first-order valence-corrected chi connectivity index (χ1v) is 9.17. The third kappa shape index (κ3) is 4.89. The van der Waals surface area contributed by atoms with Crippen LogP contribution in [0.2, 0.25) is 0 Å². The SMILES string of the molecule is Cn1ccnc1[C@H](NC(=O)CSc1nccc(C(F)(F)F)n1)c1ccccc1. The van der Waals surface area contributed by atoms with Crippen LogP contribution in [0.5, 0.6) is 0 Å². The van der Waals surface area contributed by atoms with Crippen molar-refractivity contribution in [3.05, 3.63) is 72.1 Å². The van der Waals surface area contributed by atoms with Gasteiger partial charge in [0, 0.05) is 25.6 Å². The lowest BCUT2D eigenvalue weighted by atomic mass is 10.1. The van der Waals surface area contributed by atoms with Crippen molar-refractivity contribution in [1.82, 2.24) is 24.8 Å². The Labute approximate surface area is 163 Å². The molecule has 28 heavy (non-hydrogen) atoms. The van der Waals surface area contributed by atoms with Gasteiger partial charge < -0.3 is 9.88 Å². The maximum Gasteiger partial charge on any atom is 0.433 e. The molecule has 2 aromatic heterocycles. The van der Waals surface area contributed by atoms with E-state index in [9.17, 15) is 18.0 Å². The van der Waals surface area contributed by atoms with E-state index in [-0.39, 0.29) is 16.8 Å². The average Bonchev–Trinajstić information content (AvgIpc) is 3.10. The van der Waals surface area contributed by atoms with E-state index in [1.54, 1.807) is 17.0 Å². The number of hydrogen-bond acceptors (Lipinski definition) is 5. The molecule has 3 rings (SSSR count). The number of aryl methyl sites for hydroxylation is 1. The average molecular weight is 407 g/mol. The molecule has 0 bridgehead atoms. The molecule has 1 aromatic carbocycles. The van der Waals surface area contributed by atoms with Crippen molar-refractivity contribution in [1.29, 1.82) is 0 Å². The third-order valence-corrected chi connectivity index (χ3v) is 4.67. The summed E-state index contributed by atoms with van der Waals surface area (Å²) in [5, 5.41) is 2.76. The van der Waals surface area contributed by atoms with Gasteiger partial charge in [-0.05, 0) is 11.6 Å². The van der Waals surface area contributed by atoms with E-state index in [2.05, 4.69) is 20.3 Å². The number of imidazole rings is 1. The third-order valence-electron chi connectivity index (χ3n) is 3.81. The highest BCUT2D eigenvalue weighted by Crippen LogP contribution is 2.28. The first-order valence-electron chi connectivity index (χ1n) is 8.19. The van der Waals surface area contributed by atoms with E-state index < -0.39 is 17.9 Å². The normalized spacial score (nSPS) is 12.6. The molecule has 1 N–H and O–H groups in total. The lowest BCUT2D eigenvalue weighted by Crippen LogP contribution is -2.32. The Bertz CT molecular complexity index is 946. The van der Waals surface area contributed by atoms with Crippen molar-refractivity contribution in [2.75, 3.05) is 5.75 Å². The molecule has 0 fully saturated rings. The Morgan fingerprint density at radius 3 is 2.57 bits per heavy atom. The number of aromatic nitrogens is 4. The topological polar surface area (TPSA) is 72.7 Å². The van der Waals surface area contributed by atoms with Gasteiger partial charge in [-0.1, -0.05) is 42.1 Å². The van der Waals surface area contributed by atoms with E-state index in [0.29, 0.717) is 5.82 Å². The lowest BCUT2D eigenvalue weighted by molar-refractivity contribution is -0.141.